The number of hydrogen-bond donors (Lipinski definition) is 0. The molecule has 0 fully saturated rings. The van der Waals surface area contributed by atoms with Gasteiger partial charge in [0.15, 0.2) is 0 Å². The second kappa shape index (κ2) is 6.82. The fourth-order valence-corrected chi connectivity index (χ4v) is 1.45. The number of azide groups is 1. The molecule has 0 atom stereocenters. The van der Waals surface area contributed by atoms with Crippen molar-refractivity contribution in [1.29, 1.82) is 0 Å². The predicted octanol–water partition coefficient (Wildman–Crippen LogP) is 2.96. The molecule has 5 heteroatoms. The summed E-state index contributed by atoms with van der Waals surface area (Å²) in [5.74, 6) is -0.176. The Morgan fingerprint density at radius 2 is 2.19 bits per heavy atom. The lowest BCUT2D eigenvalue weighted by Crippen LogP contribution is -2.20. The van der Waals surface area contributed by atoms with Crippen LogP contribution in [0.5, 0.6) is 0 Å². The van der Waals surface area contributed by atoms with Gasteiger partial charge in [-0.3, -0.25) is 0 Å². The van der Waals surface area contributed by atoms with E-state index in [9.17, 15) is 4.39 Å². The van der Waals surface area contributed by atoms with Crippen molar-refractivity contribution in [3.63, 3.8) is 0 Å². The molecule has 0 saturated carbocycles. The van der Waals surface area contributed by atoms with Gasteiger partial charge < -0.3 is 4.90 Å². The van der Waals surface area contributed by atoms with Crippen molar-refractivity contribution in [2.45, 2.75) is 13.0 Å². The Bertz CT molecular complexity index is 374. The zero-order chi connectivity index (χ0) is 11.8. The summed E-state index contributed by atoms with van der Waals surface area (Å²) in [5.41, 5.74) is 8.79. The maximum Gasteiger partial charge on any atom is 0.127 e. The lowest BCUT2D eigenvalue weighted by molar-refractivity contribution is 0.319. The summed E-state index contributed by atoms with van der Waals surface area (Å²) in [5, 5.41) is 3.45. The van der Waals surface area contributed by atoms with Crippen LogP contribution in [0.4, 0.5) is 4.39 Å². The van der Waals surface area contributed by atoms with Gasteiger partial charge >= 0.3 is 0 Å². The molecule has 0 aromatic heterocycles. The molecular formula is C11H15FN4. The van der Waals surface area contributed by atoms with Crippen LogP contribution in [0.1, 0.15) is 12.0 Å². The van der Waals surface area contributed by atoms with E-state index in [0.717, 1.165) is 13.0 Å². The van der Waals surface area contributed by atoms with Gasteiger partial charge in [0.1, 0.15) is 5.82 Å². The number of benzene rings is 1. The first-order valence-corrected chi connectivity index (χ1v) is 5.17. The van der Waals surface area contributed by atoms with Crippen molar-refractivity contribution in [2.24, 2.45) is 5.11 Å². The average molecular weight is 222 g/mol. The highest BCUT2D eigenvalue weighted by atomic mass is 19.1. The van der Waals surface area contributed by atoms with Crippen LogP contribution in [0, 0.1) is 5.82 Å². The lowest BCUT2D eigenvalue weighted by Gasteiger charge is -2.16. The molecule has 1 aromatic rings. The maximum absolute atomic E-state index is 13.3. The van der Waals surface area contributed by atoms with Gasteiger partial charge in [-0.1, -0.05) is 23.3 Å². The second-order valence-corrected chi connectivity index (χ2v) is 3.64. The Labute approximate surface area is 94.3 Å². The van der Waals surface area contributed by atoms with E-state index in [4.69, 9.17) is 5.53 Å². The highest BCUT2D eigenvalue weighted by Crippen LogP contribution is 2.08. The van der Waals surface area contributed by atoms with E-state index in [1.54, 1.807) is 12.1 Å². The Morgan fingerprint density at radius 1 is 1.44 bits per heavy atom. The zero-order valence-corrected chi connectivity index (χ0v) is 9.30. The van der Waals surface area contributed by atoms with E-state index in [0.29, 0.717) is 18.7 Å². The molecule has 0 heterocycles. The topological polar surface area (TPSA) is 52.0 Å². The maximum atomic E-state index is 13.3. The second-order valence-electron chi connectivity index (χ2n) is 3.64. The SMILES string of the molecule is CN(CCCN=[N+]=[N-])Cc1ccccc1F. The Hall–Kier alpha value is -1.58. The van der Waals surface area contributed by atoms with E-state index in [1.165, 1.54) is 6.07 Å². The fraction of sp³-hybridized carbons (Fsp3) is 0.455. The van der Waals surface area contributed by atoms with Gasteiger partial charge in [-0.2, -0.15) is 0 Å². The highest BCUT2D eigenvalue weighted by Gasteiger charge is 2.03. The Morgan fingerprint density at radius 3 is 2.88 bits per heavy atom. The largest absolute Gasteiger partial charge is 0.302 e. The molecule has 0 saturated heterocycles. The van der Waals surface area contributed by atoms with Gasteiger partial charge in [-0.05, 0) is 31.6 Å². The molecule has 0 aliphatic heterocycles. The van der Waals surface area contributed by atoms with Crippen LogP contribution in [0.25, 0.3) is 10.4 Å². The van der Waals surface area contributed by atoms with Crippen LogP contribution >= 0.6 is 0 Å². The molecule has 86 valence electrons. The summed E-state index contributed by atoms with van der Waals surface area (Å²) in [6, 6.07) is 6.75. The number of halogens is 1. The number of nitrogens with zero attached hydrogens (tertiary/aromatic N) is 4. The molecule has 0 unspecified atom stereocenters. The minimum Gasteiger partial charge on any atom is -0.302 e. The number of rotatable bonds is 6. The zero-order valence-electron chi connectivity index (χ0n) is 9.30. The van der Waals surface area contributed by atoms with Gasteiger partial charge in [0.05, 0.1) is 0 Å². The Kier molecular flexibility index (Phi) is 5.32. The third-order valence-corrected chi connectivity index (χ3v) is 2.26. The van der Waals surface area contributed by atoms with Crippen LogP contribution in [0.2, 0.25) is 0 Å². The van der Waals surface area contributed by atoms with Crippen molar-refractivity contribution in [1.82, 2.24) is 4.90 Å². The van der Waals surface area contributed by atoms with E-state index >= 15 is 0 Å². The molecule has 0 radical (unpaired) electrons. The molecule has 1 aromatic carbocycles. The van der Waals surface area contributed by atoms with Gasteiger partial charge in [-0.25, -0.2) is 4.39 Å². The monoisotopic (exact) mass is 222 g/mol. The van der Waals surface area contributed by atoms with Crippen molar-refractivity contribution in [3.8, 4) is 0 Å². The van der Waals surface area contributed by atoms with Gasteiger partial charge in [0.25, 0.3) is 0 Å². The quantitative estimate of drug-likeness (QED) is 0.316. The minimum atomic E-state index is -0.176. The van der Waals surface area contributed by atoms with Crippen molar-refractivity contribution >= 4 is 0 Å². The first kappa shape index (κ1) is 12.5. The first-order valence-electron chi connectivity index (χ1n) is 5.17. The molecule has 4 nitrogen and oxygen atoms in total. The van der Waals surface area contributed by atoms with Crippen LogP contribution in [0.3, 0.4) is 0 Å². The van der Waals surface area contributed by atoms with Gasteiger partial charge in [0, 0.05) is 23.6 Å². The molecule has 0 N–H and O–H groups in total. The standard InChI is InChI=1S/C11H15FN4/c1-16(8-4-7-14-15-13)9-10-5-2-3-6-11(10)12/h2-3,5-6H,4,7-9H2,1H3. The molecule has 0 aliphatic rings. The third-order valence-electron chi connectivity index (χ3n) is 2.26. The normalized spacial score (nSPS) is 10.2. The van der Waals surface area contributed by atoms with Crippen LogP contribution in [0.15, 0.2) is 29.4 Å². The molecule has 0 bridgehead atoms. The first-order chi connectivity index (χ1) is 7.74. The van der Waals surface area contributed by atoms with Crippen LogP contribution in [-0.2, 0) is 6.54 Å². The minimum absolute atomic E-state index is 0.176. The summed E-state index contributed by atoms with van der Waals surface area (Å²) >= 11 is 0. The molecule has 0 aliphatic carbocycles. The molecular weight excluding hydrogens is 207 g/mol. The summed E-state index contributed by atoms with van der Waals surface area (Å²) in [6.45, 7) is 1.84. The van der Waals surface area contributed by atoms with E-state index < -0.39 is 0 Å². The summed E-state index contributed by atoms with van der Waals surface area (Å²) in [4.78, 5) is 4.68. The average Bonchev–Trinajstić information content (AvgIpc) is 2.28. The van der Waals surface area contributed by atoms with Gasteiger partial charge in [-0.15, -0.1) is 0 Å². The molecule has 0 spiro atoms. The molecule has 0 amide bonds. The third kappa shape index (κ3) is 4.29. The van der Waals surface area contributed by atoms with E-state index in [-0.39, 0.29) is 5.82 Å². The smallest absolute Gasteiger partial charge is 0.127 e. The molecule has 1 rings (SSSR count). The lowest BCUT2D eigenvalue weighted by atomic mass is 10.2. The van der Waals surface area contributed by atoms with Crippen molar-refractivity contribution in [3.05, 3.63) is 46.1 Å². The summed E-state index contributed by atoms with van der Waals surface area (Å²) in [6.07, 6.45) is 0.787. The fourth-order valence-electron chi connectivity index (χ4n) is 1.45. The predicted molar refractivity (Wildman–Crippen MR) is 61.4 cm³/mol. The van der Waals surface area contributed by atoms with Crippen molar-refractivity contribution < 1.29 is 4.39 Å². The van der Waals surface area contributed by atoms with Gasteiger partial charge in [0.2, 0.25) is 0 Å². The van der Waals surface area contributed by atoms with E-state index in [1.807, 2.05) is 18.0 Å². The Balaban J connectivity index is 2.36. The molecule has 16 heavy (non-hydrogen) atoms. The van der Waals surface area contributed by atoms with Crippen molar-refractivity contribution in [2.75, 3.05) is 20.1 Å². The summed E-state index contributed by atoms with van der Waals surface area (Å²) in [7, 11) is 1.92. The van der Waals surface area contributed by atoms with Crippen LogP contribution < -0.4 is 0 Å². The highest BCUT2D eigenvalue weighted by molar-refractivity contribution is 5.16. The van der Waals surface area contributed by atoms with Crippen LogP contribution in [-0.4, -0.2) is 25.0 Å². The van der Waals surface area contributed by atoms with E-state index in [2.05, 4.69) is 10.0 Å². The summed E-state index contributed by atoms with van der Waals surface area (Å²) < 4.78 is 13.3. The number of hydrogen-bond acceptors (Lipinski definition) is 2.